The number of esters is 5. The van der Waals surface area contributed by atoms with Gasteiger partial charge in [0.15, 0.2) is 0 Å². The Balaban J connectivity index is 1.31. The van der Waals surface area contributed by atoms with Crippen LogP contribution in [-0.2, 0) is 93.7 Å². The molecule has 0 spiro atoms. The summed E-state index contributed by atoms with van der Waals surface area (Å²) in [6, 6.07) is 23.5. The standard InChI is InChI=1S/C75H92F12O15/c1-7-8-9-10-11-12-13-14-18-33-44-59(101-66(91)70(95-5,74(82,83)84)55-38-27-21-28-39-55)60-47-48-61(100-60)62(102-67(92)71(96-6,75(85,86)87)56-40-29-22-30-41-56)46-45-57(98-64(89)68(93-3,72(76,77)78)53-34-23-19-24-35-53)42-31-16-15-17-32-43-58(50-52-49-51(2)97-63(52)88)99-65(90)69(94-4,73(79,80)81)54-36-25-20-26-37-54/h19-30,34-41,49,51,57-62H,7-18,31-33,42-48,50H2,1-6H3/t51-,57+,58+,59+,60+,61+,62+,68+,69+,70+,71+/m0/s1. The highest BCUT2D eigenvalue weighted by Gasteiger charge is 2.68. The molecule has 1 saturated heterocycles. The number of methoxy groups -OCH3 is 4. The van der Waals surface area contributed by atoms with Gasteiger partial charge in [-0.25, -0.2) is 24.0 Å². The van der Waals surface area contributed by atoms with Crippen molar-refractivity contribution in [3.05, 3.63) is 155 Å². The maximum Gasteiger partial charge on any atom is 0.432 e. The van der Waals surface area contributed by atoms with Gasteiger partial charge in [-0.2, -0.15) is 52.7 Å². The number of benzene rings is 4. The highest BCUT2D eigenvalue weighted by atomic mass is 19.4. The van der Waals surface area contributed by atoms with Crippen molar-refractivity contribution >= 4 is 29.8 Å². The molecule has 566 valence electrons. The Kier molecular flexibility index (Phi) is 31.3. The third-order valence-corrected chi connectivity index (χ3v) is 18.8. The van der Waals surface area contributed by atoms with E-state index in [0.29, 0.717) is 47.7 Å². The topological polar surface area (TPSA) is 178 Å². The van der Waals surface area contributed by atoms with Crippen LogP contribution in [0, 0.1) is 0 Å². The van der Waals surface area contributed by atoms with Crippen molar-refractivity contribution in [1.29, 1.82) is 0 Å². The number of hydrogen-bond acceptors (Lipinski definition) is 15. The second kappa shape index (κ2) is 38.1. The van der Waals surface area contributed by atoms with E-state index < -0.39 is 155 Å². The Hall–Kier alpha value is -7.07. The molecule has 102 heavy (non-hydrogen) atoms. The SMILES string of the molecule is CCCCCCCCCCCC[C@@H](OC(=O)[C@](OC)(c1ccccc1)C(F)(F)F)[C@H]1CC[C@H]([C@@H](CC[C@@H](CCCCCCC[C@H](CC2=C[C@H](C)OC2=O)OC(=O)[C@](OC)(c2ccccc2)C(F)(F)F)OC(=O)[C@](OC)(c2ccccc2)C(F)(F)F)OC(=O)[C@](OC)(c2ccccc2)C(F)(F)F)O1. The normalized spacial score (nSPS) is 19.5. The van der Waals surface area contributed by atoms with E-state index >= 15 is 39.5 Å². The maximum absolute atomic E-state index is 15.6. The summed E-state index contributed by atoms with van der Waals surface area (Å²) in [6.07, 6.45) is -22.9. The van der Waals surface area contributed by atoms with E-state index in [0.717, 1.165) is 93.5 Å². The molecule has 0 aliphatic carbocycles. The van der Waals surface area contributed by atoms with E-state index in [-0.39, 0.29) is 76.2 Å². The van der Waals surface area contributed by atoms with E-state index in [1.807, 2.05) is 0 Å². The van der Waals surface area contributed by atoms with Crippen LogP contribution in [0.25, 0.3) is 0 Å². The van der Waals surface area contributed by atoms with E-state index in [9.17, 15) is 37.1 Å². The van der Waals surface area contributed by atoms with E-state index in [1.54, 1.807) is 6.92 Å². The smallest absolute Gasteiger partial charge is 0.432 e. The van der Waals surface area contributed by atoms with E-state index in [4.69, 9.17) is 47.4 Å². The molecule has 0 bridgehead atoms. The molecule has 0 aromatic heterocycles. The fourth-order valence-electron chi connectivity index (χ4n) is 13.3. The van der Waals surface area contributed by atoms with Gasteiger partial charge < -0.3 is 47.4 Å². The number of alkyl halides is 12. The highest BCUT2D eigenvalue weighted by Crippen LogP contribution is 2.49. The number of halogens is 12. The second-order valence-electron chi connectivity index (χ2n) is 25.6. The minimum atomic E-state index is -5.54. The van der Waals surface area contributed by atoms with Crippen LogP contribution in [0.3, 0.4) is 0 Å². The van der Waals surface area contributed by atoms with Crippen LogP contribution >= 0.6 is 0 Å². The lowest BCUT2D eigenvalue weighted by Gasteiger charge is -2.36. The van der Waals surface area contributed by atoms with Crippen molar-refractivity contribution in [2.45, 2.75) is 251 Å². The first-order chi connectivity index (χ1) is 48.4. The molecule has 2 heterocycles. The van der Waals surface area contributed by atoms with E-state index in [2.05, 4.69) is 6.92 Å². The molecule has 0 N–H and O–H groups in total. The first-order valence-corrected chi connectivity index (χ1v) is 34.5. The second-order valence-corrected chi connectivity index (χ2v) is 25.6. The molecule has 0 amide bonds. The first-order valence-electron chi connectivity index (χ1n) is 34.5. The average Bonchev–Trinajstić information content (AvgIpc) is 0.837. The quantitative estimate of drug-likeness (QED) is 0.0177. The molecule has 0 radical (unpaired) electrons. The van der Waals surface area contributed by atoms with Crippen LogP contribution < -0.4 is 0 Å². The van der Waals surface area contributed by atoms with E-state index in [1.165, 1.54) is 78.9 Å². The predicted molar refractivity (Wildman–Crippen MR) is 348 cm³/mol. The number of carbonyl (C=O) groups excluding carboxylic acids is 5. The zero-order valence-corrected chi connectivity index (χ0v) is 58.1. The summed E-state index contributed by atoms with van der Waals surface area (Å²) < 4.78 is 239. The Labute approximate surface area is 586 Å². The molecule has 2 aliphatic rings. The highest BCUT2D eigenvalue weighted by molar-refractivity contribution is 5.91. The van der Waals surface area contributed by atoms with Gasteiger partial charge in [0.25, 0.3) is 22.4 Å². The summed E-state index contributed by atoms with van der Waals surface area (Å²) in [7, 11) is 2.63. The van der Waals surface area contributed by atoms with Crippen LogP contribution in [0.15, 0.2) is 133 Å². The third-order valence-electron chi connectivity index (χ3n) is 18.8. The molecule has 11 atom stereocenters. The van der Waals surface area contributed by atoms with Crippen LogP contribution in [0.2, 0.25) is 0 Å². The minimum absolute atomic E-state index is 0.0422. The lowest BCUT2D eigenvalue weighted by atomic mass is 9.92. The number of cyclic esters (lactones) is 1. The zero-order valence-electron chi connectivity index (χ0n) is 58.1. The van der Waals surface area contributed by atoms with Gasteiger partial charge >= 0.3 is 54.6 Å². The predicted octanol–water partition coefficient (Wildman–Crippen LogP) is 17.7. The number of hydrogen-bond donors (Lipinski definition) is 0. The van der Waals surface area contributed by atoms with Crippen molar-refractivity contribution in [3.8, 4) is 0 Å². The molecular formula is C75H92F12O15. The summed E-state index contributed by atoms with van der Waals surface area (Å²) in [5.41, 5.74) is -17.4. The molecule has 0 saturated carbocycles. The molecule has 0 unspecified atom stereocenters. The Morgan fingerprint density at radius 1 is 0.402 bits per heavy atom. The largest absolute Gasteiger partial charge is 0.460 e. The number of rotatable bonds is 42. The fraction of sp³-hybridized carbons (Fsp3) is 0.587. The summed E-state index contributed by atoms with van der Waals surface area (Å²) in [4.78, 5) is 70.0. The van der Waals surface area contributed by atoms with Crippen molar-refractivity contribution in [1.82, 2.24) is 0 Å². The molecule has 27 heteroatoms. The first kappa shape index (κ1) is 83.9. The summed E-state index contributed by atoms with van der Waals surface area (Å²) in [5, 5.41) is 0. The van der Waals surface area contributed by atoms with Gasteiger partial charge in [0.1, 0.15) is 30.5 Å². The fourth-order valence-corrected chi connectivity index (χ4v) is 13.3. The van der Waals surface area contributed by atoms with Crippen molar-refractivity contribution in [2.75, 3.05) is 28.4 Å². The van der Waals surface area contributed by atoms with Crippen molar-refractivity contribution < 1.29 is 124 Å². The molecule has 6 rings (SSSR count). The van der Waals surface area contributed by atoms with Gasteiger partial charge in [-0.15, -0.1) is 0 Å². The van der Waals surface area contributed by atoms with Crippen LogP contribution in [0.4, 0.5) is 52.7 Å². The van der Waals surface area contributed by atoms with Gasteiger partial charge in [0.05, 0.1) is 12.2 Å². The zero-order chi connectivity index (χ0) is 75.0. The molecule has 15 nitrogen and oxygen atoms in total. The van der Waals surface area contributed by atoms with Crippen LogP contribution in [-0.4, -0.2) is 126 Å². The summed E-state index contributed by atoms with van der Waals surface area (Å²) in [6.45, 7) is 3.65. The summed E-state index contributed by atoms with van der Waals surface area (Å²) >= 11 is 0. The number of ether oxygens (including phenoxy) is 10. The Bertz CT molecular complexity index is 3270. The van der Waals surface area contributed by atoms with Crippen LogP contribution in [0.1, 0.15) is 184 Å². The van der Waals surface area contributed by atoms with Gasteiger partial charge in [0, 0.05) is 62.7 Å². The lowest BCUT2D eigenvalue weighted by molar-refractivity contribution is -0.282. The van der Waals surface area contributed by atoms with Gasteiger partial charge in [-0.1, -0.05) is 205 Å². The Morgan fingerprint density at radius 2 is 0.696 bits per heavy atom. The molecule has 1 fully saturated rings. The Morgan fingerprint density at radius 3 is 1.01 bits per heavy atom. The van der Waals surface area contributed by atoms with Crippen molar-refractivity contribution in [3.63, 3.8) is 0 Å². The number of unbranched alkanes of at least 4 members (excludes halogenated alkanes) is 13. The van der Waals surface area contributed by atoms with Gasteiger partial charge in [-0.05, 0) is 77.2 Å². The van der Waals surface area contributed by atoms with Crippen molar-refractivity contribution in [2.24, 2.45) is 0 Å². The van der Waals surface area contributed by atoms with Crippen LogP contribution in [0.5, 0.6) is 0 Å². The lowest BCUT2D eigenvalue weighted by Crippen LogP contribution is -2.54. The summed E-state index contributed by atoms with van der Waals surface area (Å²) in [5.74, 6) is -8.41. The maximum atomic E-state index is 15.6. The third kappa shape index (κ3) is 20.3. The van der Waals surface area contributed by atoms with Gasteiger partial charge in [0.2, 0.25) is 0 Å². The molecule has 4 aromatic rings. The van der Waals surface area contributed by atoms with Gasteiger partial charge in [-0.3, -0.25) is 0 Å². The average molecular weight is 1460 g/mol. The monoisotopic (exact) mass is 1460 g/mol. The number of carbonyl (C=O) groups is 5. The molecule has 2 aliphatic heterocycles. The molecule has 4 aromatic carbocycles. The minimum Gasteiger partial charge on any atom is -0.460 e. The molecular weight excluding hydrogens is 1370 g/mol.